The molecule has 1 aromatic carbocycles. The fraction of sp³-hybridized carbons (Fsp3) is 0.462. The van der Waals surface area contributed by atoms with Crippen molar-refractivity contribution in [3.8, 4) is 0 Å². The van der Waals surface area contributed by atoms with Crippen LogP contribution in [0.5, 0.6) is 0 Å². The Kier molecular flexibility index (Phi) is 2.60. The van der Waals surface area contributed by atoms with Crippen LogP contribution in [0.25, 0.3) is 11.1 Å². The predicted octanol–water partition coefficient (Wildman–Crippen LogP) is 3.38. The lowest BCUT2D eigenvalue weighted by Crippen LogP contribution is -2.22. The van der Waals surface area contributed by atoms with Crippen LogP contribution in [-0.4, -0.2) is 11.0 Å². The molecular weight excluding hydrogens is 236 g/mol. The van der Waals surface area contributed by atoms with Gasteiger partial charge in [0.1, 0.15) is 5.52 Å². The van der Waals surface area contributed by atoms with Crippen molar-refractivity contribution >= 4 is 22.7 Å². The Balaban J connectivity index is 2.10. The molecule has 2 atom stereocenters. The van der Waals surface area contributed by atoms with Crippen molar-refractivity contribution < 1.29 is 4.42 Å². The van der Waals surface area contributed by atoms with Gasteiger partial charge < -0.3 is 10.2 Å². The average Bonchev–Trinajstić information content (AvgIpc) is 2.83. The maximum Gasteiger partial charge on any atom is 0.200 e. The topological polar surface area (TPSA) is 52.0 Å². The second-order valence-corrected chi connectivity index (χ2v) is 5.26. The van der Waals surface area contributed by atoms with Gasteiger partial charge in [-0.1, -0.05) is 18.0 Å². The molecule has 1 aliphatic rings. The van der Waals surface area contributed by atoms with E-state index in [-0.39, 0.29) is 12.0 Å². The largest absolute Gasteiger partial charge is 0.440 e. The smallest absolute Gasteiger partial charge is 0.200 e. The summed E-state index contributed by atoms with van der Waals surface area (Å²) in [6.07, 6.45) is 3.29. The first-order chi connectivity index (χ1) is 8.15. The van der Waals surface area contributed by atoms with Crippen LogP contribution in [0.4, 0.5) is 0 Å². The number of oxazole rings is 1. The first kappa shape index (κ1) is 11.1. The van der Waals surface area contributed by atoms with E-state index in [9.17, 15) is 0 Å². The molecular formula is C13H15ClN2O. The second-order valence-electron chi connectivity index (χ2n) is 4.82. The molecule has 0 radical (unpaired) electrons. The Morgan fingerprint density at radius 2 is 2.24 bits per heavy atom. The molecule has 1 aliphatic carbocycles. The second kappa shape index (κ2) is 4.00. The van der Waals surface area contributed by atoms with Crippen LogP contribution in [0.3, 0.4) is 0 Å². The van der Waals surface area contributed by atoms with Gasteiger partial charge in [-0.15, -0.1) is 0 Å². The Morgan fingerprint density at radius 3 is 2.94 bits per heavy atom. The third-order valence-electron chi connectivity index (χ3n) is 3.54. The molecule has 0 spiro atoms. The van der Waals surface area contributed by atoms with Gasteiger partial charge in [-0.25, -0.2) is 4.98 Å². The van der Waals surface area contributed by atoms with Crippen molar-refractivity contribution in [1.82, 2.24) is 4.98 Å². The van der Waals surface area contributed by atoms with Crippen molar-refractivity contribution in [3.63, 3.8) is 0 Å². The number of fused-ring (bicyclic) bond motifs is 1. The highest BCUT2D eigenvalue weighted by Crippen LogP contribution is 2.35. The van der Waals surface area contributed by atoms with Crippen molar-refractivity contribution in [3.05, 3.63) is 28.6 Å². The van der Waals surface area contributed by atoms with E-state index in [1.807, 2.05) is 19.1 Å². The lowest BCUT2D eigenvalue weighted by molar-refractivity contribution is 0.448. The minimum Gasteiger partial charge on any atom is -0.440 e. The lowest BCUT2D eigenvalue weighted by Gasteiger charge is -2.09. The minimum atomic E-state index is 0.179. The number of hydrogen-bond donors (Lipinski definition) is 1. The van der Waals surface area contributed by atoms with Crippen LogP contribution in [-0.2, 0) is 0 Å². The standard InChI is InChI=1S/C13H15ClN2O/c1-7-5-8(14)6-11-12(7)17-13(16-11)9-3-2-4-10(9)15/h5-6,9-10H,2-4,15H2,1H3. The van der Waals surface area contributed by atoms with Gasteiger partial charge in [0.05, 0.1) is 5.92 Å². The number of nitrogens with zero attached hydrogens (tertiary/aromatic N) is 1. The van der Waals surface area contributed by atoms with Crippen LogP contribution < -0.4 is 5.73 Å². The summed E-state index contributed by atoms with van der Waals surface area (Å²) >= 11 is 6.02. The first-order valence-electron chi connectivity index (χ1n) is 5.97. The summed E-state index contributed by atoms with van der Waals surface area (Å²) < 4.78 is 5.86. The summed E-state index contributed by atoms with van der Waals surface area (Å²) in [6, 6.07) is 3.92. The van der Waals surface area contributed by atoms with Gasteiger partial charge in [-0.3, -0.25) is 0 Å². The van der Waals surface area contributed by atoms with Crippen LogP contribution >= 0.6 is 11.6 Å². The van der Waals surface area contributed by atoms with Gasteiger partial charge in [0.2, 0.25) is 0 Å². The van der Waals surface area contributed by atoms with E-state index in [0.717, 1.165) is 41.8 Å². The summed E-state index contributed by atoms with van der Waals surface area (Å²) in [5.74, 6) is 1.04. The van der Waals surface area contributed by atoms with E-state index >= 15 is 0 Å². The number of rotatable bonds is 1. The molecule has 90 valence electrons. The summed E-state index contributed by atoms with van der Waals surface area (Å²) in [6.45, 7) is 1.98. The Labute approximate surface area is 105 Å². The number of aromatic nitrogens is 1. The number of benzene rings is 1. The molecule has 1 fully saturated rings. The number of nitrogens with two attached hydrogens (primary N) is 1. The highest BCUT2D eigenvalue weighted by molar-refractivity contribution is 6.31. The molecule has 1 heterocycles. The van der Waals surface area contributed by atoms with E-state index in [4.69, 9.17) is 21.8 Å². The van der Waals surface area contributed by atoms with E-state index < -0.39 is 0 Å². The van der Waals surface area contributed by atoms with Gasteiger partial charge in [-0.05, 0) is 37.5 Å². The predicted molar refractivity (Wildman–Crippen MR) is 68.3 cm³/mol. The zero-order valence-electron chi connectivity index (χ0n) is 9.74. The number of hydrogen-bond acceptors (Lipinski definition) is 3. The molecule has 0 amide bonds. The van der Waals surface area contributed by atoms with Gasteiger partial charge in [0, 0.05) is 11.1 Å². The van der Waals surface area contributed by atoms with Crippen LogP contribution in [0, 0.1) is 6.92 Å². The summed E-state index contributed by atoms with van der Waals surface area (Å²) in [4.78, 5) is 4.54. The minimum absolute atomic E-state index is 0.179. The van der Waals surface area contributed by atoms with Crippen molar-refractivity contribution in [2.45, 2.75) is 38.1 Å². The molecule has 4 heteroatoms. The van der Waals surface area contributed by atoms with E-state index in [0.29, 0.717) is 5.02 Å². The summed E-state index contributed by atoms with van der Waals surface area (Å²) in [5, 5.41) is 0.700. The molecule has 3 rings (SSSR count). The highest BCUT2D eigenvalue weighted by Gasteiger charge is 2.29. The SMILES string of the molecule is Cc1cc(Cl)cc2nc(C3CCCC3N)oc12. The molecule has 0 aliphatic heterocycles. The summed E-state index contributed by atoms with van der Waals surface area (Å²) in [7, 11) is 0. The third-order valence-corrected chi connectivity index (χ3v) is 3.76. The maximum absolute atomic E-state index is 6.07. The van der Waals surface area contributed by atoms with Crippen LogP contribution in [0.1, 0.15) is 36.6 Å². The maximum atomic E-state index is 6.07. The van der Waals surface area contributed by atoms with Gasteiger partial charge >= 0.3 is 0 Å². The van der Waals surface area contributed by atoms with Gasteiger partial charge in [0.25, 0.3) is 0 Å². The number of halogens is 1. The molecule has 1 saturated carbocycles. The Morgan fingerprint density at radius 1 is 1.41 bits per heavy atom. The zero-order valence-corrected chi connectivity index (χ0v) is 10.5. The number of aryl methyl sites for hydroxylation is 1. The van der Waals surface area contributed by atoms with E-state index in [1.54, 1.807) is 0 Å². The van der Waals surface area contributed by atoms with Crippen molar-refractivity contribution in [2.75, 3.05) is 0 Å². The molecule has 0 bridgehead atoms. The molecule has 17 heavy (non-hydrogen) atoms. The fourth-order valence-electron chi connectivity index (χ4n) is 2.63. The molecule has 0 saturated heterocycles. The van der Waals surface area contributed by atoms with E-state index in [1.165, 1.54) is 0 Å². The average molecular weight is 251 g/mol. The normalized spacial score (nSPS) is 24.6. The first-order valence-corrected chi connectivity index (χ1v) is 6.35. The fourth-order valence-corrected chi connectivity index (χ4v) is 2.90. The molecule has 2 unspecified atom stereocenters. The van der Waals surface area contributed by atoms with Crippen molar-refractivity contribution in [1.29, 1.82) is 0 Å². The van der Waals surface area contributed by atoms with Crippen LogP contribution in [0.2, 0.25) is 5.02 Å². The summed E-state index contributed by atoms with van der Waals surface area (Å²) in [5.41, 5.74) is 8.77. The monoisotopic (exact) mass is 250 g/mol. The molecule has 1 aromatic heterocycles. The van der Waals surface area contributed by atoms with E-state index in [2.05, 4.69) is 4.98 Å². The Hall–Kier alpha value is -1.06. The van der Waals surface area contributed by atoms with Crippen LogP contribution in [0.15, 0.2) is 16.5 Å². The van der Waals surface area contributed by atoms with Gasteiger partial charge in [0.15, 0.2) is 11.5 Å². The quantitative estimate of drug-likeness (QED) is 0.844. The Bertz CT molecular complexity index is 564. The molecule has 3 nitrogen and oxygen atoms in total. The third kappa shape index (κ3) is 1.83. The molecule has 2 N–H and O–H groups in total. The lowest BCUT2D eigenvalue weighted by atomic mass is 10.1. The molecule has 2 aromatic rings. The van der Waals surface area contributed by atoms with Crippen molar-refractivity contribution in [2.24, 2.45) is 5.73 Å². The zero-order chi connectivity index (χ0) is 12.0. The highest BCUT2D eigenvalue weighted by atomic mass is 35.5. The van der Waals surface area contributed by atoms with Gasteiger partial charge in [-0.2, -0.15) is 0 Å².